The largest absolute Gasteiger partial charge is 0.482 e. The molecule has 0 heterocycles. The third-order valence-corrected chi connectivity index (χ3v) is 3.63. The quantitative estimate of drug-likeness (QED) is 0.713. The first-order valence-corrected chi connectivity index (χ1v) is 7.84. The van der Waals surface area contributed by atoms with Crippen molar-refractivity contribution in [1.29, 1.82) is 0 Å². The number of hydrogen-bond donors (Lipinski definition) is 2. The second kappa shape index (κ2) is 8.29. The summed E-state index contributed by atoms with van der Waals surface area (Å²) >= 11 is 3.19. The summed E-state index contributed by atoms with van der Waals surface area (Å²) in [6.45, 7) is -0.280. The fourth-order valence-electron chi connectivity index (χ4n) is 1.93. The number of esters is 1. The Kier molecular flexibility index (Phi) is 6.13. The van der Waals surface area contributed by atoms with Gasteiger partial charge < -0.3 is 19.9 Å². The highest BCUT2D eigenvalue weighted by Crippen LogP contribution is 2.22. The summed E-state index contributed by atoms with van der Waals surface area (Å²) in [6, 6.07) is 10.7. The minimum absolute atomic E-state index is 0.0409. The van der Waals surface area contributed by atoms with Crippen LogP contribution in [0.1, 0.15) is 20.7 Å². The number of benzene rings is 2. The zero-order chi connectivity index (χ0) is 18.4. The van der Waals surface area contributed by atoms with E-state index in [2.05, 4.69) is 26.0 Å². The molecule has 0 atom stereocenters. The molecule has 0 aliphatic heterocycles. The van der Waals surface area contributed by atoms with E-state index in [1.165, 1.54) is 25.3 Å². The molecule has 2 aromatic carbocycles. The Morgan fingerprint density at radius 2 is 1.92 bits per heavy atom. The number of carbonyl (C=O) groups is 3. The molecule has 2 N–H and O–H groups in total. The molecular weight excluding hydrogens is 394 g/mol. The Labute approximate surface area is 151 Å². The number of nitrogens with one attached hydrogen (secondary N) is 1. The maximum absolute atomic E-state index is 12.4. The number of ether oxygens (including phenoxy) is 2. The SMILES string of the molecule is COC(=O)COc1cccc(C(=O)Nc2ccc(Br)cc2C(=O)O)c1. The van der Waals surface area contributed by atoms with Crippen molar-refractivity contribution < 1.29 is 29.0 Å². The number of halogens is 1. The Balaban J connectivity index is 2.16. The van der Waals surface area contributed by atoms with Crippen molar-refractivity contribution in [2.45, 2.75) is 0 Å². The molecule has 130 valence electrons. The van der Waals surface area contributed by atoms with Crippen LogP contribution in [0.3, 0.4) is 0 Å². The summed E-state index contributed by atoms with van der Waals surface area (Å²) in [4.78, 5) is 34.7. The molecule has 0 aromatic heterocycles. The van der Waals surface area contributed by atoms with Gasteiger partial charge in [-0.25, -0.2) is 9.59 Å². The van der Waals surface area contributed by atoms with Crippen LogP contribution in [-0.2, 0) is 9.53 Å². The average molecular weight is 408 g/mol. The molecule has 7 nitrogen and oxygen atoms in total. The lowest BCUT2D eigenvalue weighted by molar-refractivity contribution is -0.142. The van der Waals surface area contributed by atoms with Gasteiger partial charge in [-0.05, 0) is 36.4 Å². The predicted octanol–water partition coefficient (Wildman–Crippen LogP) is 2.95. The molecule has 0 radical (unpaired) electrons. The Hall–Kier alpha value is -2.87. The number of amides is 1. The van der Waals surface area contributed by atoms with Crippen molar-refractivity contribution in [1.82, 2.24) is 0 Å². The van der Waals surface area contributed by atoms with Gasteiger partial charge in [0.1, 0.15) is 5.75 Å². The Morgan fingerprint density at radius 1 is 1.16 bits per heavy atom. The first kappa shape index (κ1) is 18.5. The number of anilines is 1. The van der Waals surface area contributed by atoms with Gasteiger partial charge in [-0.3, -0.25) is 4.79 Å². The first-order valence-electron chi connectivity index (χ1n) is 7.04. The van der Waals surface area contributed by atoms with Gasteiger partial charge in [0.05, 0.1) is 18.4 Å². The summed E-state index contributed by atoms with van der Waals surface area (Å²) in [5, 5.41) is 11.8. The van der Waals surface area contributed by atoms with Crippen molar-refractivity contribution in [3.8, 4) is 5.75 Å². The van der Waals surface area contributed by atoms with Gasteiger partial charge in [-0.1, -0.05) is 22.0 Å². The zero-order valence-corrected chi connectivity index (χ0v) is 14.7. The minimum atomic E-state index is -1.16. The lowest BCUT2D eigenvalue weighted by atomic mass is 10.1. The van der Waals surface area contributed by atoms with Gasteiger partial charge in [-0.15, -0.1) is 0 Å². The molecule has 0 saturated carbocycles. The fraction of sp³-hybridized carbons (Fsp3) is 0.118. The van der Waals surface area contributed by atoms with Crippen LogP contribution >= 0.6 is 15.9 Å². The lowest BCUT2D eigenvalue weighted by Crippen LogP contribution is -2.16. The van der Waals surface area contributed by atoms with Crippen LogP contribution in [0.25, 0.3) is 0 Å². The summed E-state index contributed by atoms with van der Waals surface area (Å²) in [6.07, 6.45) is 0. The maximum Gasteiger partial charge on any atom is 0.343 e. The number of methoxy groups -OCH3 is 1. The van der Waals surface area contributed by atoms with E-state index in [0.717, 1.165) is 0 Å². The molecule has 1 amide bonds. The van der Waals surface area contributed by atoms with E-state index in [4.69, 9.17) is 4.74 Å². The molecule has 0 saturated heterocycles. The van der Waals surface area contributed by atoms with Crippen molar-refractivity contribution in [3.63, 3.8) is 0 Å². The highest BCUT2D eigenvalue weighted by atomic mass is 79.9. The number of rotatable bonds is 6. The maximum atomic E-state index is 12.4. The molecule has 0 bridgehead atoms. The summed E-state index contributed by atoms with van der Waals surface area (Å²) < 4.78 is 10.3. The monoisotopic (exact) mass is 407 g/mol. The number of carboxylic acids is 1. The van der Waals surface area contributed by atoms with E-state index in [1.807, 2.05) is 0 Å². The topological polar surface area (TPSA) is 102 Å². The number of carboxylic acid groups (broad SMARTS) is 1. The van der Waals surface area contributed by atoms with Gasteiger partial charge in [0.2, 0.25) is 0 Å². The van der Waals surface area contributed by atoms with Crippen LogP contribution in [0, 0.1) is 0 Å². The second-order valence-corrected chi connectivity index (χ2v) is 5.76. The molecule has 25 heavy (non-hydrogen) atoms. The Morgan fingerprint density at radius 3 is 2.60 bits per heavy atom. The van der Waals surface area contributed by atoms with Crippen molar-refractivity contribution >= 4 is 39.5 Å². The van der Waals surface area contributed by atoms with Crippen molar-refractivity contribution in [2.24, 2.45) is 0 Å². The highest BCUT2D eigenvalue weighted by molar-refractivity contribution is 9.10. The molecule has 2 aromatic rings. The molecule has 2 rings (SSSR count). The number of hydrogen-bond acceptors (Lipinski definition) is 5. The van der Waals surface area contributed by atoms with E-state index in [-0.39, 0.29) is 23.4 Å². The lowest BCUT2D eigenvalue weighted by Gasteiger charge is -2.10. The average Bonchev–Trinajstić information content (AvgIpc) is 2.61. The van der Waals surface area contributed by atoms with E-state index >= 15 is 0 Å². The molecule has 0 aliphatic rings. The van der Waals surface area contributed by atoms with Crippen molar-refractivity contribution in [3.05, 3.63) is 58.1 Å². The van der Waals surface area contributed by atoms with Crippen LogP contribution in [-0.4, -0.2) is 36.7 Å². The predicted molar refractivity (Wildman–Crippen MR) is 93.0 cm³/mol. The van der Waals surface area contributed by atoms with Crippen LogP contribution in [0.15, 0.2) is 46.9 Å². The molecule has 0 fully saturated rings. The van der Waals surface area contributed by atoms with E-state index in [9.17, 15) is 19.5 Å². The molecule has 0 aliphatic carbocycles. The molecular formula is C17H14BrNO6. The van der Waals surface area contributed by atoms with Crippen LogP contribution < -0.4 is 10.1 Å². The number of carbonyl (C=O) groups excluding carboxylic acids is 2. The van der Waals surface area contributed by atoms with Crippen LogP contribution in [0.5, 0.6) is 5.75 Å². The van der Waals surface area contributed by atoms with Gasteiger partial charge in [0, 0.05) is 10.0 Å². The third kappa shape index (κ3) is 5.05. The van der Waals surface area contributed by atoms with Gasteiger partial charge in [0.15, 0.2) is 6.61 Å². The van der Waals surface area contributed by atoms with Gasteiger partial charge in [0.25, 0.3) is 5.91 Å². The zero-order valence-electron chi connectivity index (χ0n) is 13.1. The van der Waals surface area contributed by atoms with Gasteiger partial charge in [-0.2, -0.15) is 0 Å². The summed E-state index contributed by atoms with van der Waals surface area (Å²) in [7, 11) is 1.24. The minimum Gasteiger partial charge on any atom is -0.482 e. The molecule has 8 heteroatoms. The standard InChI is InChI=1S/C17H14BrNO6/c1-24-15(20)9-25-12-4-2-3-10(7-12)16(21)19-14-6-5-11(18)8-13(14)17(22)23/h2-8H,9H2,1H3,(H,19,21)(H,22,23). The Bertz CT molecular complexity index is 821. The van der Waals surface area contributed by atoms with Crippen LogP contribution in [0.4, 0.5) is 5.69 Å². The molecule has 0 unspecified atom stereocenters. The number of aromatic carboxylic acids is 1. The van der Waals surface area contributed by atoms with E-state index in [1.54, 1.807) is 24.3 Å². The van der Waals surface area contributed by atoms with Crippen molar-refractivity contribution in [2.75, 3.05) is 19.0 Å². The summed E-state index contributed by atoms with van der Waals surface area (Å²) in [5.74, 6) is -1.90. The highest BCUT2D eigenvalue weighted by Gasteiger charge is 2.15. The second-order valence-electron chi connectivity index (χ2n) is 4.84. The fourth-order valence-corrected chi connectivity index (χ4v) is 2.29. The smallest absolute Gasteiger partial charge is 0.343 e. The van der Waals surface area contributed by atoms with Gasteiger partial charge >= 0.3 is 11.9 Å². The first-order chi connectivity index (χ1) is 11.9. The van der Waals surface area contributed by atoms with Crippen LogP contribution in [0.2, 0.25) is 0 Å². The normalized spacial score (nSPS) is 10.0. The molecule has 0 spiro atoms. The van der Waals surface area contributed by atoms with E-state index in [0.29, 0.717) is 10.2 Å². The van der Waals surface area contributed by atoms with E-state index < -0.39 is 17.8 Å². The summed E-state index contributed by atoms with van der Waals surface area (Å²) in [5.41, 5.74) is 0.379. The third-order valence-electron chi connectivity index (χ3n) is 3.14.